The normalized spacial score (nSPS) is 20.4. The summed E-state index contributed by atoms with van der Waals surface area (Å²) in [5.74, 6) is 0.979. The van der Waals surface area contributed by atoms with Gasteiger partial charge in [-0.3, -0.25) is 4.79 Å². The Kier molecular flexibility index (Phi) is 4.65. The van der Waals surface area contributed by atoms with Gasteiger partial charge in [-0.25, -0.2) is 9.97 Å². The first-order valence-corrected chi connectivity index (χ1v) is 8.66. The maximum Gasteiger partial charge on any atom is 0.223 e. The third-order valence-electron chi connectivity index (χ3n) is 4.88. The summed E-state index contributed by atoms with van der Waals surface area (Å²) < 4.78 is 0. The molecule has 1 amide bonds. The van der Waals surface area contributed by atoms with Gasteiger partial charge < -0.3 is 4.90 Å². The molecule has 0 N–H and O–H groups in total. The molecule has 126 valence electrons. The molecule has 1 saturated heterocycles. The summed E-state index contributed by atoms with van der Waals surface area (Å²) in [7, 11) is 0. The molecule has 1 aliphatic heterocycles. The lowest BCUT2D eigenvalue weighted by Crippen LogP contribution is -2.44. The summed E-state index contributed by atoms with van der Waals surface area (Å²) in [6.07, 6.45) is 3.24. The van der Waals surface area contributed by atoms with Crippen molar-refractivity contribution >= 4 is 5.91 Å². The highest BCUT2D eigenvalue weighted by atomic mass is 16.2. The Bertz CT molecular complexity index is 709. The SMILES string of the molecule is Cc1cc(C)nc(C2(C)CCCN2C(=O)CCc2ccccc2)n1. The quantitative estimate of drug-likeness (QED) is 0.864. The molecule has 2 aromatic rings. The number of aryl methyl sites for hydroxylation is 3. The molecule has 1 aromatic heterocycles. The summed E-state index contributed by atoms with van der Waals surface area (Å²) in [5.41, 5.74) is 2.74. The van der Waals surface area contributed by atoms with Crippen LogP contribution in [0.1, 0.15) is 49.0 Å². The first kappa shape index (κ1) is 16.6. The van der Waals surface area contributed by atoms with Crippen LogP contribution in [0.3, 0.4) is 0 Å². The standard InChI is InChI=1S/C20H25N3O/c1-15-14-16(2)22-19(21-15)20(3)12-7-13-23(20)18(24)11-10-17-8-5-4-6-9-17/h4-6,8-9,14H,7,10-13H2,1-3H3. The number of amides is 1. The molecule has 0 spiro atoms. The Morgan fingerprint density at radius 3 is 2.50 bits per heavy atom. The molecule has 1 atom stereocenters. The van der Waals surface area contributed by atoms with E-state index < -0.39 is 0 Å². The van der Waals surface area contributed by atoms with E-state index in [0.717, 1.165) is 43.0 Å². The van der Waals surface area contributed by atoms with Crippen molar-refractivity contribution < 1.29 is 4.79 Å². The van der Waals surface area contributed by atoms with Crippen LogP contribution in [-0.4, -0.2) is 27.3 Å². The maximum absolute atomic E-state index is 12.8. The number of rotatable bonds is 4. The van der Waals surface area contributed by atoms with Crippen molar-refractivity contribution in [3.8, 4) is 0 Å². The summed E-state index contributed by atoms with van der Waals surface area (Å²) in [4.78, 5) is 24.1. The van der Waals surface area contributed by atoms with Gasteiger partial charge in [0.15, 0.2) is 5.82 Å². The fraction of sp³-hybridized carbons (Fsp3) is 0.450. The third kappa shape index (κ3) is 3.32. The number of hydrogen-bond donors (Lipinski definition) is 0. The second-order valence-electron chi connectivity index (χ2n) is 6.88. The van der Waals surface area contributed by atoms with E-state index in [1.54, 1.807) is 0 Å². The molecule has 1 fully saturated rings. The largest absolute Gasteiger partial charge is 0.330 e. The average Bonchev–Trinajstić information content (AvgIpc) is 2.96. The van der Waals surface area contributed by atoms with Crippen molar-refractivity contribution in [3.05, 3.63) is 59.2 Å². The molecule has 1 aliphatic rings. The number of hydrogen-bond acceptors (Lipinski definition) is 3. The zero-order chi connectivity index (χ0) is 17.2. The van der Waals surface area contributed by atoms with E-state index in [1.165, 1.54) is 5.56 Å². The molecule has 4 nitrogen and oxygen atoms in total. The van der Waals surface area contributed by atoms with E-state index in [1.807, 2.05) is 43.0 Å². The van der Waals surface area contributed by atoms with Gasteiger partial charge in [-0.05, 0) is 51.7 Å². The van der Waals surface area contributed by atoms with Crippen molar-refractivity contribution in [2.45, 2.75) is 52.0 Å². The first-order valence-electron chi connectivity index (χ1n) is 8.66. The smallest absolute Gasteiger partial charge is 0.223 e. The Morgan fingerprint density at radius 1 is 1.17 bits per heavy atom. The summed E-state index contributed by atoms with van der Waals surface area (Å²) in [6.45, 7) is 6.87. The van der Waals surface area contributed by atoms with Gasteiger partial charge in [-0.2, -0.15) is 0 Å². The Hall–Kier alpha value is -2.23. The molecule has 0 saturated carbocycles. The van der Waals surface area contributed by atoms with Crippen molar-refractivity contribution in [2.24, 2.45) is 0 Å². The van der Waals surface area contributed by atoms with Gasteiger partial charge in [0.25, 0.3) is 0 Å². The van der Waals surface area contributed by atoms with E-state index in [-0.39, 0.29) is 11.4 Å². The zero-order valence-corrected chi connectivity index (χ0v) is 14.7. The second kappa shape index (κ2) is 6.71. The van der Waals surface area contributed by atoms with Crippen LogP contribution < -0.4 is 0 Å². The summed E-state index contributed by atoms with van der Waals surface area (Å²) in [5, 5.41) is 0. The molecule has 24 heavy (non-hydrogen) atoms. The highest BCUT2D eigenvalue weighted by Crippen LogP contribution is 2.37. The van der Waals surface area contributed by atoms with Crippen LogP contribution >= 0.6 is 0 Å². The Balaban J connectivity index is 1.77. The summed E-state index contributed by atoms with van der Waals surface area (Å²) >= 11 is 0. The lowest BCUT2D eigenvalue weighted by Gasteiger charge is -2.34. The van der Waals surface area contributed by atoms with Crippen LogP contribution in [0.15, 0.2) is 36.4 Å². The van der Waals surface area contributed by atoms with Crippen LogP contribution in [0.2, 0.25) is 0 Å². The van der Waals surface area contributed by atoms with Crippen molar-refractivity contribution in [1.82, 2.24) is 14.9 Å². The molecule has 0 bridgehead atoms. The maximum atomic E-state index is 12.8. The molecule has 1 aromatic carbocycles. The minimum Gasteiger partial charge on any atom is -0.330 e. The first-order chi connectivity index (χ1) is 11.5. The molecule has 0 radical (unpaired) electrons. The molecule has 0 aliphatic carbocycles. The predicted molar refractivity (Wildman–Crippen MR) is 94.6 cm³/mol. The van der Waals surface area contributed by atoms with Gasteiger partial charge in [-0.1, -0.05) is 30.3 Å². The molecular weight excluding hydrogens is 298 g/mol. The van der Waals surface area contributed by atoms with Crippen molar-refractivity contribution in [1.29, 1.82) is 0 Å². The highest BCUT2D eigenvalue weighted by Gasteiger charge is 2.43. The van der Waals surface area contributed by atoms with Crippen LogP contribution in [0.4, 0.5) is 0 Å². The van der Waals surface area contributed by atoms with E-state index in [9.17, 15) is 4.79 Å². The molecule has 2 heterocycles. The van der Waals surface area contributed by atoms with Crippen molar-refractivity contribution in [3.63, 3.8) is 0 Å². The number of benzene rings is 1. The summed E-state index contributed by atoms with van der Waals surface area (Å²) in [6, 6.07) is 12.2. The fourth-order valence-electron chi connectivity index (χ4n) is 3.59. The van der Waals surface area contributed by atoms with Gasteiger partial charge in [0.05, 0.1) is 5.54 Å². The highest BCUT2D eigenvalue weighted by molar-refractivity contribution is 5.77. The molecule has 4 heteroatoms. The van der Waals surface area contributed by atoms with Gasteiger partial charge in [-0.15, -0.1) is 0 Å². The molecule has 3 rings (SSSR count). The number of carbonyl (C=O) groups excluding carboxylic acids is 1. The minimum atomic E-state index is -0.384. The fourth-order valence-corrected chi connectivity index (χ4v) is 3.59. The van der Waals surface area contributed by atoms with Crippen LogP contribution in [-0.2, 0) is 16.8 Å². The van der Waals surface area contributed by atoms with Gasteiger partial charge in [0.1, 0.15) is 0 Å². The van der Waals surface area contributed by atoms with Gasteiger partial charge >= 0.3 is 0 Å². The molecule has 1 unspecified atom stereocenters. The minimum absolute atomic E-state index is 0.196. The van der Waals surface area contributed by atoms with Gasteiger partial charge in [0.2, 0.25) is 5.91 Å². The third-order valence-corrected chi connectivity index (χ3v) is 4.88. The number of nitrogens with zero attached hydrogens (tertiary/aromatic N) is 3. The number of likely N-dealkylation sites (tertiary alicyclic amines) is 1. The lowest BCUT2D eigenvalue weighted by atomic mass is 9.96. The zero-order valence-electron chi connectivity index (χ0n) is 14.7. The number of aromatic nitrogens is 2. The van der Waals surface area contributed by atoms with E-state index >= 15 is 0 Å². The van der Waals surface area contributed by atoms with Crippen LogP contribution in [0.25, 0.3) is 0 Å². The Morgan fingerprint density at radius 2 is 1.83 bits per heavy atom. The van der Waals surface area contributed by atoms with E-state index in [0.29, 0.717) is 6.42 Å². The topological polar surface area (TPSA) is 46.1 Å². The van der Waals surface area contributed by atoms with Crippen LogP contribution in [0, 0.1) is 13.8 Å². The van der Waals surface area contributed by atoms with E-state index in [2.05, 4.69) is 29.0 Å². The average molecular weight is 323 g/mol. The van der Waals surface area contributed by atoms with Crippen molar-refractivity contribution in [2.75, 3.05) is 6.54 Å². The predicted octanol–water partition coefficient (Wildman–Crippen LogP) is 3.56. The Labute approximate surface area is 143 Å². The van der Waals surface area contributed by atoms with Crippen LogP contribution in [0.5, 0.6) is 0 Å². The lowest BCUT2D eigenvalue weighted by molar-refractivity contribution is -0.135. The monoisotopic (exact) mass is 323 g/mol. The van der Waals surface area contributed by atoms with E-state index in [4.69, 9.17) is 0 Å². The molecular formula is C20H25N3O. The second-order valence-corrected chi connectivity index (χ2v) is 6.88. The van der Waals surface area contributed by atoms with Gasteiger partial charge in [0, 0.05) is 24.4 Å². The number of carbonyl (C=O) groups is 1.